The van der Waals surface area contributed by atoms with Crippen molar-refractivity contribution in [1.29, 1.82) is 0 Å². The lowest BCUT2D eigenvalue weighted by Crippen LogP contribution is -2.08. The number of aromatic hydroxyl groups is 1. The van der Waals surface area contributed by atoms with E-state index in [-0.39, 0.29) is 18.1 Å². The number of nitrogens with zero attached hydrogens (tertiary/aromatic N) is 4. The topological polar surface area (TPSA) is 139 Å². The van der Waals surface area contributed by atoms with Gasteiger partial charge < -0.3 is 20.6 Å². The first-order chi connectivity index (χ1) is 13.7. The minimum absolute atomic E-state index is 0.152. The third kappa shape index (κ3) is 2.29. The van der Waals surface area contributed by atoms with E-state index in [0.717, 1.165) is 16.5 Å². The Morgan fingerprint density at radius 2 is 2.00 bits per heavy atom. The van der Waals surface area contributed by atoms with E-state index in [0.29, 0.717) is 28.2 Å². The zero-order valence-electron chi connectivity index (χ0n) is 14.5. The van der Waals surface area contributed by atoms with Gasteiger partial charge in [0.2, 0.25) is 0 Å². The Balaban J connectivity index is 1.88. The molecule has 1 aromatic carbocycles. The van der Waals surface area contributed by atoms with Crippen LogP contribution in [0.4, 0.5) is 5.82 Å². The molecule has 9 nitrogen and oxygen atoms in total. The van der Waals surface area contributed by atoms with Gasteiger partial charge in [-0.15, -0.1) is 5.10 Å². The lowest BCUT2D eigenvalue weighted by Gasteiger charge is -2.19. The summed E-state index contributed by atoms with van der Waals surface area (Å²) in [6, 6.07) is 8.50. The maximum atomic E-state index is 11.0. The van der Waals surface area contributed by atoms with Crippen LogP contribution in [0.1, 0.15) is 22.9 Å². The van der Waals surface area contributed by atoms with Crippen LogP contribution in [0.2, 0.25) is 0 Å². The highest BCUT2D eigenvalue weighted by Crippen LogP contribution is 2.47. The summed E-state index contributed by atoms with van der Waals surface area (Å²) in [6.45, 7) is -0.152. The predicted molar refractivity (Wildman–Crippen MR) is 102 cm³/mol. The molecule has 28 heavy (non-hydrogen) atoms. The van der Waals surface area contributed by atoms with Crippen LogP contribution in [0.25, 0.3) is 22.2 Å². The van der Waals surface area contributed by atoms with Crippen LogP contribution < -0.4 is 10.5 Å². The predicted octanol–water partition coefficient (Wildman–Crippen LogP) is 3.06. The van der Waals surface area contributed by atoms with Gasteiger partial charge in [0.25, 0.3) is 0 Å². The highest BCUT2D eigenvalue weighted by molar-refractivity contribution is 6.01. The van der Waals surface area contributed by atoms with Gasteiger partial charge in [0.05, 0.1) is 11.3 Å². The zero-order valence-corrected chi connectivity index (χ0v) is 14.5. The molecule has 1 aliphatic rings. The number of aromatic amines is 1. The Kier molecular flexibility index (Phi) is 3.48. The quantitative estimate of drug-likeness (QED) is 0.468. The summed E-state index contributed by atoms with van der Waals surface area (Å²) < 4.78 is 6.34. The molecule has 138 valence electrons. The molecule has 0 radical (unpaired) electrons. The van der Waals surface area contributed by atoms with Crippen LogP contribution in [0.5, 0.6) is 11.5 Å². The van der Waals surface area contributed by atoms with E-state index < -0.39 is 6.10 Å². The minimum atomic E-state index is -0.489. The first-order valence-electron chi connectivity index (χ1n) is 8.53. The number of nitrogens with one attached hydrogen (secondary N) is 1. The molecule has 0 aliphatic carbocycles. The molecule has 4 aromatic rings. The van der Waals surface area contributed by atoms with Gasteiger partial charge in [-0.25, -0.2) is 4.98 Å². The van der Waals surface area contributed by atoms with Crippen LogP contribution >= 0.6 is 0 Å². The highest BCUT2D eigenvalue weighted by atomic mass is 16.5. The SMILES string of the molecule is Nc1nccc2c1-c1c(CN=O)nnc3[nH]cc(c13)C(c1ccc(O)cc1)O2. The summed E-state index contributed by atoms with van der Waals surface area (Å²) in [7, 11) is 0. The number of nitrogen functional groups attached to an aromatic ring is 1. The second kappa shape index (κ2) is 6.02. The molecule has 1 unspecified atom stereocenters. The van der Waals surface area contributed by atoms with Gasteiger partial charge in [0, 0.05) is 28.9 Å². The highest BCUT2D eigenvalue weighted by Gasteiger charge is 2.31. The van der Waals surface area contributed by atoms with E-state index in [9.17, 15) is 10.0 Å². The van der Waals surface area contributed by atoms with Crippen molar-refractivity contribution in [3.8, 4) is 22.6 Å². The molecular weight excluding hydrogens is 360 g/mol. The maximum absolute atomic E-state index is 11.0. The largest absolute Gasteiger partial charge is 0.508 e. The van der Waals surface area contributed by atoms with Crippen molar-refractivity contribution < 1.29 is 9.84 Å². The summed E-state index contributed by atoms with van der Waals surface area (Å²) in [5, 5.41) is 21.7. The number of pyridine rings is 1. The molecule has 0 spiro atoms. The Bertz CT molecular complexity index is 1220. The van der Waals surface area contributed by atoms with Crippen molar-refractivity contribution in [2.45, 2.75) is 12.6 Å². The van der Waals surface area contributed by atoms with Crippen molar-refractivity contribution in [2.75, 3.05) is 5.73 Å². The summed E-state index contributed by atoms with van der Waals surface area (Å²) >= 11 is 0. The Hall–Kier alpha value is -4.01. The Morgan fingerprint density at radius 1 is 1.18 bits per heavy atom. The van der Waals surface area contributed by atoms with Crippen molar-refractivity contribution in [1.82, 2.24) is 20.2 Å². The molecule has 4 N–H and O–H groups in total. The number of fused-ring (bicyclic) bond motifs is 2. The fourth-order valence-corrected chi connectivity index (χ4v) is 3.62. The number of benzene rings is 1. The van der Waals surface area contributed by atoms with E-state index in [1.54, 1.807) is 42.7 Å². The molecule has 9 heteroatoms. The number of hydrogen-bond acceptors (Lipinski definition) is 8. The van der Waals surface area contributed by atoms with Crippen LogP contribution in [-0.4, -0.2) is 25.3 Å². The van der Waals surface area contributed by atoms with Gasteiger partial charge in [-0.1, -0.05) is 17.3 Å². The van der Waals surface area contributed by atoms with E-state index >= 15 is 0 Å². The van der Waals surface area contributed by atoms with Crippen molar-refractivity contribution in [2.24, 2.45) is 5.18 Å². The number of H-pyrrole nitrogens is 1. The third-order valence-electron chi connectivity index (χ3n) is 4.83. The van der Waals surface area contributed by atoms with Gasteiger partial charge in [-0.05, 0) is 23.8 Å². The van der Waals surface area contributed by atoms with Gasteiger partial charge in [-0.3, -0.25) is 0 Å². The summed E-state index contributed by atoms with van der Waals surface area (Å²) in [5.41, 5.74) is 9.98. The molecule has 0 bridgehead atoms. The molecule has 4 heterocycles. The number of aromatic nitrogens is 4. The second-order valence-corrected chi connectivity index (χ2v) is 6.44. The van der Waals surface area contributed by atoms with Crippen LogP contribution in [0, 0.1) is 4.91 Å². The van der Waals surface area contributed by atoms with E-state index in [2.05, 4.69) is 25.3 Å². The molecule has 3 aromatic heterocycles. The average molecular weight is 374 g/mol. The number of nitroso groups, excluding NO2 is 1. The molecule has 0 saturated carbocycles. The summed E-state index contributed by atoms with van der Waals surface area (Å²) in [5.74, 6) is 0.941. The van der Waals surface area contributed by atoms with Crippen molar-refractivity contribution in [3.05, 3.63) is 64.5 Å². The Morgan fingerprint density at radius 3 is 2.79 bits per heavy atom. The fourth-order valence-electron chi connectivity index (χ4n) is 3.62. The number of nitrogens with two attached hydrogens (primary N) is 1. The van der Waals surface area contributed by atoms with Crippen LogP contribution in [0.15, 0.2) is 47.9 Å². The maximum Gasteiger partial charge on any atom is 0.161 e. The number of phenolic OH excluding ortho intramolecular Hbond substituents is 1. The van der Waals surface area contributed by atoms with Gasteiger partial charge >= 0.3 is 0 Å². The standard InChI is InChI=1S/C19H14N6O3/c20-18-16-13(5-6-21-18)28-17(9-1-3-10(26)4-2-9)11-7-22-19-14(11)15(16)12(8-23-27)24-25-19/h1-7,17,26H,8H2,(H2,20,21)(H,22,25). The molecular formula is C19H14N6O3. The number of phenols is 1. The van der Waals surface area contributed by atoms with E-state index in [1.165, 1.54) is 0 Å². The fraction of sp³-hybridized carbons (Fsp3) is 0.105. The number of anilines is 1. The van der Waals surface area contributed by atoms with E-state index in [1.807, 2.05) is 0 Å². The first-order valence-corrected chi connectivity index (χ1v) is 8.53. The number of rotatable bonds is 3. The lowest BCUT2D eigenvalue weighted by atomic mass is 9.96. The smallest absolute Gasteiger partial charge is 0.161 e. The normalized spacial score (nSPS) is 14.9. The van der Waals surface area contributed by atoms with Crippen molar-refractivity contribution in [3.63, 3.8) is 0 Å². The van der Waals surface area contributed by atoms with Gasteiger partial charge in [-0.2, -0.15) is 10.0 Å². The van der Waals surface area contributed by atoms with Gasteiger partial charge in [0.15, 0.2) is 11.8 Å². The molecule has 0 saturated heterocycles. The average Bonchev–Trinajstić information content (AvgIpc) is 3.05. The number of hydrogen-bond donors (Lipinski definition) is 3. The summed E-state index contributed by atoms with van der Waals surface area (Å²) in [4.78, 5) is 18.3. The van der Waals surface area contributed by atoms with Crippen LogP contribution in [-0.2, 0) is 6.54 Å². The molecule has 1 atom stereocenters. The molecule has 0 amide bonds. The third-order valence-corrected chi connectivity index (χ3v) is 4.83. The van der Waals surface area contributed by atoms with Crippen LogP contribution in [0.3, 0.4) is 0 Å². The molecule has 0 fully saturated rings. The second-order valence-electron chi connectivity index (χ2n) is 6.44. The number of ether oxygens (including phenoxy) is 1. The van der Waals surface area contributed by atoms with Crippen molar-refractivity contribution >= 4 is 16.9 Å². The lowest BCUT2D eigenvalue weighted by molar-refractivity contribution is 0.251. The van der Waals surface area contributed by atoms with E-state index in [4.69, 9.17) is 10.5 Å². The zero-order chi connectivity index (χ0) is 19.3. The molecule has 1 aliphatic heterocycles. The summed E-state index contributed by atoms with van der Waals surface area (Å²) in [6.07, 6.45) is 2.87. The first kappa shape index (κ1) is 16.2. The minimum Gasteiger partial charge on any atom is -0.508 e. The van der Waals surface area contributed by atoms with Gasteiger partial charge in [0.1, 0.15) is 23.9 Å². The monoisotopic (exact) mass is 374 g/mol. The molecule has 5 rings (SSSR count). The Labute approximate surface area is 158 Å².